The Kier molecular flexibility index (Phi) is 7.53. The summed E-state index contributed by atoms with van der Waals surface area (Å²) >= 11 is 1.45. The molecule has 1 aromatic heterocycles. The summed E-state index contributed by atoms with van der Waals surface area (Å²) < 4.78 is 23.0. The normalized spacial score (nSPS) is 12.0. The standard InChI is InChI=1S/C24H29N2O6PS/c1-14(2)31-18-11-16(22(27)26-23-25-15(3)21(34-23)24(4,5)6)12-19(13-18)32-17-7-9-20(10-8-17)33(28,29)30/h7-14H,1-6H3,(H,25,26,27)(H2,28,29,30). The van der Waals surface area contributed by atoms with Crippen molar-refractivity contribution in [1.29, 1.82) is 0 Å². The molecule has 0 bridgehead atoms. The van der Waals surface area contributed by atoms with E-state index in [2.05, 4.69) is 31.1 Å². The SMILES string of the molecule is Cc1nc(NC(=O)c2cc(Oc3ccc(P(=O)(O)O)cc3)cc(OC(C)C)c2)sc1C(C)(C)C. The number of nitrogens with zero attached hydrogens (tertiary/aromatic N) is 1. The topological polar surface area (TPSA) is 118 Å². The molecule has 0 aliphatic heterocycles. The average Bonchev–Trinajstić information content (AvgIpc) is 3.07. The number of carbonyl (C=O) groups excluding carboxylic acids is 1. The van der Waals surface area contributed by atoms with E-state index in [9.17, 15) is 19.1 Å². The van der Waals surface area contributed by atoms with Crippen LogP contribution in [0.2, 0.25) is 0 Å². The molecule has 3 rings (SSSR count). The second-order valence-corrected chi connectivity index (χ2v) is 11.7. The first kappa shape index (κ1) is 25.9. The Balaban J connectivity index is 1.88. The van der Waals surface area contributed by atoms with Gasteiger partial charge in [-0.05, 0) is 62.6 Å². The Morgan fingerprint density at radius 1 is 1.06 bits per heavy atom. The van der Waals surface area contributed by atoms with Gasteiger partial charge in [0.15, 0.2) is 5.13 Å². The molecule has 0 fully saturated rings. The van der Waals surface area contributed by atoms with Gasteiger partial charge in [0.25, 0.3) is 5.91 Å². The van der Waals surface area contributed by atoms with Crippen LogP contribution in [0.5, 0.6) is 17.2 Å². The van der Waals surface area contributed by atoms with Gasteiger partial charge in [-0.2, -0.15) is 0 Å². The zero-order valence-electron chi connectivity index (χ0n) is 19.9. The summed E-state index contributed by atoms with van der Waals surface area (Å²) in [6, 6.07) is 10.4. The molecule has 0 unspecified atom stereocenters. The molecular weight excluding hydrogens is 475 g/mol. The maximum absolute atomic E-state index is 13.0. The Morgan fingerprint density at radius 2 is 1.68 bits per heavy atom. The van der Waals surface area contributed by atoms with Gasteiger partial charge in [0.2, 0.25) is 0 Å². The number of rotatable bonds is 7. The first-order valence-electron chi connectivity index (χ1n) is 10.7. The Bertz CT molecular complexity index is 1230. The van der Waals surface area contributed by atoms with Crippen molar-refractivity contribution >= 4 is 35.3 Å². The molecule has 0 radical (unpaired) electrons. The largest absolute Gasteiger partial charge is 0.491 e. The van der Waals surface area contributed by atoms with E-state index in [0.717, 1.165) is 10.6 Å². The van der Waals surface area contributed by atoms with E-state index in [1.807, 2.05) is 20.8 Å². The lowest BCUT2D eigenvalue weighted by molar-refractivity contribution is 0.102. The summed E-state index contributed by atoms with van der Waals surface area (Å²) in [5.41, 5.74) is 1.13. The highest BCUT2D eigenvalue weighted by molar-refractivity contribution is 7.60. The van der Waals surface area contributed by atoms with Crippen LogP contribution in [0.15, 0.2) is 42.5 Å². The van der Waals surface area contributed by atoms with Crippen LogP contribution >= 0.6 is 18.9 Å². The molecule has 0 spiro atoms. The Labute approximate surface area is 203 Å². The summed E-state index contributed by atoms with van der Waals surface area (Å²) in [5.74, 6) is 0.800. The third kappa shape index (κ3) is 6.67. The average molecular weight is 505 g/mol. The second kappa shape index (κ2) is 9.88. The minimum absolute atomic E-state index is 0.0773. The van der Waals surface area contributed by atoms with Crippen LogP contribution < -0.4 is 20.1 Å². The zero-order chi connectivity index (χ0) is 25.3. The highest BCUT2D eigenvalue weighted by Gasteiger charge is 2.22. The van der Waals surface area contributed by atoms with Crippen molar-refractivity contribution in [2.45, 2.75) is 53.1 Å². The molecule has 34 heavy (non-hydrogen) atoms. The van der Waals surface area contributed by atoms with Crippen LogP contribution in [0.1, 0.15) is 55.5 Å². The van der Waals surface area contributed by atoms with E-state index < -0.39 is 7.60 Å². The number of hydrogen-bond donors (Lipinski definition) is 3. The van der Waals surface area contributed by atoms with Crippen LogP contribution in [0, 0.1) is 6.92 Å². The fourth-order valence-corrected chi connectivity index (χ4v) is 4.82. The van der Waals surface area contributed by atoms with Crippen molar-refractivity contribution in [1.82, 2.24) is 4.98 Å². The maximum atomic E-state index is 13.0. The second-order valence-electron chi connectivity index (χ2n) is 9.14. The molecule has 3 aromatic rings. The van der Waals surface area contributed by atoms with Crippen molar-refractivity contribution in [2.75, 3.05) is 5.32 Å². The number of anilines is 1. The molecule has 0 atom stereocenters. The number of amides is 1. The van der Waals surface area contributed by atoms with E-state index >= 15 is 0 Å². The lowest BCUT2D eigenvalue weighted by Crippen LogP contribution is -2.13. The van der Waals surface area contributed by atoms with Crippen molar-refractivity contribution < 1.29 is 28.6 Å². The van der Waals surface area contributed by atoms with Crippen molar-refractivity contribution in [2.24, 2.45) is 0 Å². The molecule has 3 N–H and O–H groups in total. The number of ether oxygens (including phenoxy) is 2. The number of thiazole rings is 1. The minimum atomic E-state index is -4.34. The summed E-state index contributed by atoms with van der Waals surface area (Å²) in [5, 5.41) is 3.26. The highest BCUT2D eigenvalue weighted by atomic mass is 32.1. The summed E-state index contributed by atoms with van der Waals surface area (Å²) in [6.45, 7) is 12.0. The van der Waals surface area contributed by atoms with Crippen molar-refractivity contribution in [3.05, 3.63) is 58.6 Å². The van der Waals surface area contributed by atoms with Gasteiger partial charge in [-0.3, -0.25) is 14.7 Å². The predicted molar refractivity (Wildman–Crippen MR) is 134 cm³/mol. The number of benzene rings is 2. The number of nitrogens with one attached hydrogen (secondary N) is 1. The molecule has 0 saturated heterocycles. The molecule has 2 aromatic carbocycles. The highest BCUT2D eigenvalue weighted by Crippen LogP contribution is 2.36. The van der Waals surface area contributed by atoms with Gasteiger partial charge in [0.1, 0.15) is 17.2 Å². The third-order valence-electron chi connectivity index (χ3n) is 4.62. The van der Waals surface area contributed by atoms with Gasteiger partial charge < -0.3 is 19.3 Å². The van der Waals surface area contributed by atoms with E-state index in [-0.39, 0.29) is 22.7 Å². The van der Waals surface area contributed by atoms with E-state index in [4.69, 9.17) is 9.47 Å². The summed E-state index contributed by atoms with van der Waals surface area (Å²) in [7, 11) is -4.34. The Morgan fingerprint density at radius 3 is 2.21 bits per heavy atom. The number of hydrogen-bond acceptors (Lipinski definition) is 6. The lowest BCUT2D eigenvalue weighted by atomic mass is 9.94. The Hall–Kier alpha value is -2.71. The van der Waals surface area contributed by atoms with Crippen LogP contribution in [0.3, 0.4) is 0 Å². The van der Waals surface area contributed by atoms with Gasteiger partial charge in [-0.25, -0.2) is 4.98 Å². The molecule has 0 aliphatic rings. The van der Waals surface area contributed by atoms with Crippen LogP contribution in [-0.2, 0) is 9.98 Å². The van der Waals surface area contributed by atoms with Gasteiger partial charge in [0, 0.05) is 16.5 Å². The zero-order valence-corrected chi connectivity index (χ0v) is 21.7. The smallest absolute Gasteiger partial charge is 0.356 e. The van der Waals surface area contributed by atoms with Crippen molar-refractivity contribution in [3.8, 4) is 17.2 Å². The molecule has 8 nitrogen and oxygen atoms in total. The van der Waals surface area contributed by atoms with E-state index in [1.165, 1.54) is 35.6 Å². The number of aromatic nitrogens is 1. The van der Waals surface area contributed by atoms with Crippen LogP contribution in [0.4, 0.5) is 5.13 Å². The fraction of sp³-hybridized carbons (Fsp3) is 0.333. The van der Waals surface area contributed by atoms with Crippen LogP contribution in [0.25, 0.3) is 0 Å². The van der Waals surface area contributed by atoms with E-state index in [0.29, 0.717) is 27.9 Å². The number of carbonyl (C=O) groups is 1. The molecule has 0 saturated carbocycles. The lowest BCUT2D eigenvalue weighted by Gasteiger charge is -2.16. The predicted octanol–water partition coefficient (Wildman–Crippen LogP) is 5.38. The first-order valence-corrected chi connectivity index (χ1v) is 13.1. The molecule has 0 aliphatic carbocycles. The fourth-order valence-electron chi connectivity index (χ4n) is 3.26. The number of aryl methyl sites for hydroxylation is 1. The minimum Gasteiger partial charge on any atom is -0.491 e. The summed E-state index contributed by atoms with van der Waals surface area (Å²) in [4.78, 5) is 37.2. The van der Waals surface area contributed by atoms with Gasteiger partial charge >= 0.3 is 7.60 Å². The molecule has 10 heteroatoms. The van der Waals surface area contributed by atoms with Gasteiger partial charge in [0.05, 0.1) is 17.1 Å². The van der Waals surface area contributed by atoms with E-state index in [1.54, 1.807) is 18.2 Å². The van der Waals surface area contributed by atoms with Crippen molar-refractivity contribution in [3.63, 3.8) is 0 Å². The molecule has 1 heterocycles. The third-order valence-corrected chi connectivity index (χ3v) is 7.09. The van der Waals surface area contributed by atoms with Gasteiger partial charge in [-0.1, -0.05) is 20.8 Å². The monoisotopic (exact) mass is 504 g/mol. The van der Waals surface area contributed by atoms with Gasteiger partial charge in [-0.15, -0.1) is 11.3 Å². The maximum Gasteiger partial charge on any atom is 0.356 e. The molecule has 1 amide bonds. The van der Waals surface area contributed by atoms with Crippen LogP contribution in [-0.4, -0.2) is 26.8 Å². The quantitative estimate of drug-likeness (QED) is 0.370. The molecular formula is C24H29N2O6PS. The summed E-state index contributed by atoms with van der Waals surface area (Å²) in [6.07, 6.45) is -0.121. The molecule has 182 valence electrons. The first-order chi connectivity index (χ1) is 15.7.